The van der Waals surface area contributed by atoms with Gasteiger partial charge in [0.05, 0.1) is 7.11 Å². The van der Waals surface area contributed by atoms with E-state index in [2.05, 4.69) is 30.9 Å². The van der Waals surface area contributed by atoms with Crippen molar-refractivity contribution >= 4 is 5.69 Å². The Balaban J connectivity index is 2.63. The maximum atomic E-state index is 5.80. The van der Waals surface area contributed by atoms with Gasteiger partial charge in [0.1, 0.15) is 5.75 Å². The standard InChI is InChI=1S/C13H23N3O/c1-15(2)7-8-16(3)10-11-9-12(14)5-6-13(11)17-4/h5-6,9H,7-8,10,14H2,1-4H3. The summed E-state index contributed by atoms with van der Waals surface area (Å²) in [4.78, 5) is 4.43. The van der Waals surface area contributed by atoms with Crippen LogP contribution in [0.1, 0.15) is 5.56 Å². The molecule has 0 bridgehead atoms. The van der Waals surface area contributed by atoms with Gasteiger partial charge >= 0.3 is 0 Å². The van der Waals surface area contributed by atoms with Crippen LogP contribution in [0.15, 0.2) is 18.2 Å². The molecule has 0 radical (unpaired) electrons. The highest BCUT2D eigenvalue weighted by Gasteiger charge is 2.07. The topological polar surface area (TPSA) is 41.7 Å². The quantitative estimate of drug-likeness (QED) is 0.757. The van der Waals surface area contributed by atoms with Gasteiger partial charge in [0.2, 0.25) is 0 Å². The second-order valence-corrected chi connectivity index (χ2v) is 4.61. The molecule has 2 N–H and O–H groups in total. The van der Waals surface area contributed by atoms with Crippen molar-refractivity contribution in [3.05, 3.63) is 23.8 Å². The van der Waals surface area contributed by atoms with Crippen LogP contribution in [0.3, 0.4) is 0 Å². The third-order valence-electron chi connectivity index (χ3n) is 2.67. The van der Waals surface area contributed by atoms with Crippen molar-refractivity contribution in [2.45, 2.75) is 6.54 Å². The molecule has 1 aromatic carbocycles. The molecule has 0 saturated carbocycles. The van der Waals surface area contributed by atoms with Crippen molar-refractivity contribution in [2.75, 3.05) is 47.1 Å². The van der Waals surface area contributed by atoms with Gasteiger partial charge < -0.3 is 20.3 Å². The minimum absolute atomic E-state index is 0.779. The van der Waals surface area contributed by atoms with E-state index in [1.54, 1.807) is 7.11 Å². The highest BCUT2D eigenvalue weighted by Crippen LogP contribution is 2.22. The lowest BCUT2D eigenvalue weighted by atomic mass is 10.1. The lowest BCUT2D eigenvalue weighted by molar-refractivity contribution is 0.272. The number of likely N-dealkylation sites (N-methyl/N-ethyl adjacent to an activating group) is 2. The zero-order chi connectivity index (χ0) is 12.8. The summed E-state index contributed by atoms with van der Waals surface area (Å²) in [5, 5.41) is 0. The fourth-order valence-corrected chi connectivity index (χ4v) is 1.66. The van der Waals surface area contributed by atoms with Crippen LogP contribution >= 0.6 is 0 Å². The van der Waals surface area contributed by atoms with Crippen molar-refractivity contribution in [1.29, 1.82) is 0 Å². The van der Waals surface area contributed by atoms with Gasteiger partial charge in [0.15, 0.2) is 0 Å². The van der Waals surface area contributed by atoms with E-state index < -0.39 is 0 Å². The van der Waals surface area contributed by atoms with Gasteiger partial charge in [0.25, 0.3) is 0 Å². The molecule has 0 amide bonds. The molecule has 0 heterocycles. The monoisotopic (exact) mass is 237 g/mol. The number of anilines is 1. The van der Waals surface area contributed by atoms with Crippen LogP contribution < -0.4 is 10.5 Å². The predicted octanol–water partition coefficient (Wildman–Crippen LogP) is 1.27. The number of nitrogens with two attached hydrogens (primary N) is 1. The normalized spacial score (nSPS) is 11.2. The molecule has 0 fully saturated rings. The molecule has 0 aliphatic heterocycles. The molecule has 0 saturated heterocycles. The summed E-state index contributed by atoms with van der Waals surface area (Å²) in [5.41, 5.74) is 7.71. The summed E-state index contributed by atoms with van der Waals surface area (Å²) >= 11 is 0. The third kappa shape index (κ3) is 4.63. The third-order valence-corrected chi connectivity index (χ3v) is 2.67. The van der Waals surface area contributed by atoms with Crippen molar-refractivity contribution < 1.29 is 4.74 Å². The molecular formula is C13H23N3O. The number of hydrogen-bond donors (Lipinski definition) is 1. The molecule has 96 valence electrons. The fourth-order valence-electron chi connectivity index (χ4n) is 1.66. The second kappa shape index (κ2) is 6.47. The Kier molecular flexibility index (Phi) is 5.25. The average Bonchev–Trinajstić information content (AvgIpc) is 2.27. The Morgan fingerprint density at radius 2 is 1.88 bits per heavy atom. The van der Waals surface area contributed by atoms with E-state index in [1.807, 2.05) is 18.2 Å². The number of methoxy groups -OCH3 is 1. The highest BCUT2D eigenvalue weighted by molar-refractivity contribution is 5.47. The van der Waals surface area contributed by atoms with E-state index in [-0.39, 0.29) is 0 Å². The molecule has 1 aromatic rings. The fraction of sp³-hybridized carbons (Fsp3) is 0.538. The molecule has 0 aliphatic carbocycles. The maximum Gasteiger partial charge on any atom is 0.123 e. The van der Waals surface area contributed by atoms with Crippen LogP contribution in [0.2, 0.25) is 0 Å². The maximum absolute atomic E-state index is 5.80. The number of nitrogens with zero attached hydrogens (tertiary/aromatic N) is 2. The molecule has 0 aromatic heterocycles. The van der Waals surface area contributed by atoms with E-state index in [9.17, 15) is 0 Å². The summed E-state index contributed by atoms with van der Waals surface area (Å²) in [6, 6.07) is 5.76. The molecule has 0 spiro atoms. The zero-order valence-electron chi connectivity index (χ0n) is 11.2. The minimum Gasteiger partial charge on any atom is -0.496 e. The van der Waals surface area contributed by atoms with Gasteiger partial charge in [-0.25, -0.2) is 0 Å². The van der Waals surface area contributed by atoms with Crippen molar-refractivity contribution in [2.24, 2.45) is 0 Å². The SMILES string of the molecule is COc1ccc(N)cc1CN(C)CCN(C)C. The molecule has 17 heavy (non-hydrogen) atoms. The molecule has 0 atom stereocenters. The number of hydrogen-bond acceptors (Lipinski definition) is 4. The lowest BCUT2D eigenvalue weighted by Crippen LogP contribution is -2.28. The van der Waals surface area contributed by atoms with E-state index in [0.29, 0.717) is 0 Å². The van der Waals surface area contributed by atoms with Crippen molar-refractivity contribution in [3.63, 3.8) is 0 Å². The Labute approximate surface area is 104 Å². The van der Waals surface area contributed by atoms with Crippen LogP contribution in [0.5, 0.6) is 5.75 Å². The van der Waals surface area contributed by atoms with E-state index in [1.165, 1.54) is 0 Å². The van der Waals surface area contributed by atoms with Gasteiger partial charge in [-0.05, 0) is 39.3 Å². The molecule has 4 nitrogen and oxygen atoms in total. The lowest BCUT2D eigenvalue weighted by Gasteiger charge is -2.20. The Hall–Kier alpha value is -1.26. The van der Waals surface area contributed by atoms with E-state index in [4.69, 9.17) is 10.5 Å². The van der Waals surface area contributed by atoms with E-state index in [0.717, 1.165) is 36.6 Å². The van der Waals surface area contributed by atoms with Gasteiger partial charge in [-0.3, -0.25) is 0 Å². The first-order valence-corrected chi connectivity index (χ1v) is 5.78. The number of nitrogen functional groups attached to an aromatic ring is 1. The highest BCUT2D eigenvalue weighted by atomic mass is 16.5. The molecule has 1 rings (SSSR count). The largest absolute Gasteiger partial charge is 0.496 e. The number of ether oxygens (including phenoxy) is 1. The van der Waals surface area contributed by atoms with Gasteiger partial charge in [-0.15, -0.1) is 0 Å². The van der Waals surface area contributed by atoms with Crippen molar-refractivity contribution in [1.82, 2.24) is 9.80 Å². The first kappa shape index (κ1) is 13.8. The Morgan fingerprint density at radius 3 is 2.47 bits per heavy atom. The zero-order valence-corrected chi connectivity index (χ0v) is 11.2. The van der Waals surface area contributed by atoms with Crippen LogP contribution in [0.4, 0.5) is 5.69 Å². The summed E-state index contributed by atoms with van der Waals surface area (Å²) in [5.74, 6) is 0.899. The summed E-state index contributed by atoms with van der Waals surface area (Å²) in [7, 11) is 7.95. The van der Waals surface area contributed by atoms with Gasteiger partial charge in [0, 0.05) is 30.9 Å². The molecule has 0 unspecified atom stereocenters. The number of benzene rings is 1. The van der Waals surface area contributed by atoms with E-state index >= 15 is 0 Å². The molecular weight excluding hydrogens is 214 g/mol. The Bertz CT molecular complexity index is 353. The summed E-state index contributed by atoms with van der Waals surface area (Å²) in [6.07, 6.45) is 0. The second-order valence-electron chi connectivity index (χ2n) is 4.61. The van der Waals surface area contributed by atoms with Crippen LogP contribution in [0.25, 0.3) is 0 Å². The first-order chi connectivity index (χ1) is 8.02. The van der Waals surface area contributed by atoms with Crippen LogP contribution in [-0.2, 0) is 6.54 Å². The van der Waals surface area contributed by atoms with Crippen molar-refractivity contribution in [3.8, 4) is 5.75 Å². The molecule has 0 aliphatic rings. The summed E-state index contributed by atoms with van der Waals surface area (Å²) in [6.45, 7) is 2.91. The minimum atomic E-state index is 0.779. The number of rotatable bonds is 6. The summed E-state index contributed by atoms with van der Waals surface area (Å²) < 4.78 is 5.33. The van der Waals surface area contributed by atoms with Crippen LogP contribution in [0, 0.1) is 0 Å². The smallest absolute Gasteiger partial charge is 0.123 e. The van der Waals surface area contributed by atoms with Gasteiger partial charge in [-0.2, -0.15) is 0 Å². The van der Waals surface area contributed by atoms with Gasteiger partial charge in [-0.1, -0.05) is 0 Å². The molecule has 4 heteroatoms. The van der Waals surface area contributed by atoms with Crippen LogP contribution in [-0.4, -0.2) is 51.1 Å². The first-order valence-electron chi connectivity index (χ1n) is 5.78. The average molecular weight is 237 g/mol. The predicted molar refractivity (Wildman–Crippen MR) is 72.3 cm³/mol. The Morgan fingerprint density at radius 1 is 1.18 bits per heavy atom.